The van der Waals surface area contributed by atoms with E-state index < -0.39 is 0 Å². The normalized spacial score (nSPS) is 12.4. The Morgan fingerprint density at radius 2 is 2.24 bits per heavy atom. The van der Waals surface area contributed by atoms with Gasteiger partial charge in [-0.25, -0.2) is 4.98 Å². The van der Waals surface area contributed by atoms with Gasteiger partial charge in [0.05, 0.1) is 18.2 Å². The maximum Gasteiger partial charge on any atom is 0.0953 e. The predicted octanol–water partition coefficient (Wildman–Crippen LogP) is 3.26. The van der Waals surface area contributed by atoms with Crippen LogP contribution in [0.4, 0.5) is 0 Å². The van der Waals surface area contributed by atoms with Gasteiger partial charge in [0.2, 0.25) is 0 Å². The Morgan fingerprint density at radius 1 is 1.47 bits per heavy atom. The van der Waals surface area contributed by atoms with Crippen LogP contribution >= 0.6 is 0 Å². The van der Waals surface area contributed by atoms with Gasteiger partial charge in [0.25, 0.3) is 0 Å². The molecule has 0 aliphatic rings. The van der Waals surface area contributed by atoms with Crippen molar-refractivity contribution in [1.29, 1.82) is 0 Å². The van der Waals surface area contributed by atoms with E-state index in [0.29, 0.717) is 6.04 Å². The third-order valence-electron chi connectivity index (χ3n) is 2.84. The lowest BCUT2D eigenvalue weighted by Crippen LogP contribution is -2.17. The SMILES string of the molecule is CCCNCC(=Cc1cncn1C(C)C)CC. The van der Waals surface area contributed by atoms with Crippen LogP contribution in [0.25, 0.3) is 6.08 Å². The molecule has 1 aromatic heterocycles. The fourth-order valence-corrected chi connectivity index (χ4v) is 1.77. The first kappa shape index (κ1) is 14.0. The minimum Gasteiger partial charge on any atom is -0.329 e. The molecule has 1 N–H and O–H groups in total. The van der Waals surface area contributed by atoms with Crippen molar-refractivity contribution >= 4 is 6.08 Å². The number of aromatic nitrogens is 2. The Kier molecular flexibility index (Phi) is 5.98. The van der Waals surface area contributed by atoms with Crippen molar-refractivity contribution < 1.29 is 0 Å². The van der Waals surface area contributed by atoms with E-state index in [1.165, 1.54) is 17.7 Å². The van der Waals surface area contributed by atoms with Crippen molar-refractivity contribution in [2.24, 2.45) is 0 Å². The molecule has 0 fully saturated rings. The minimum atomic E-state index is 0.463. The van der Waals surface area contributed by atoms with Crippen LogP contribution in [-0.4, -0.2) is 22.6 Å². The van der Waals surface area contributed by atoms with Crippen molar-refractivity contribution in [1.82, 2.24) is 14.9 Å². The molecule has 1 aromatic rings. The van der Waals surface area contributed by atoms with E-state index >= 15 is 0 Å². The van der Waals surface area contributed by atoms with Crippen LogP contribution in [0.15, 0.2) is 18.1 Å². The molecule has 0 amide bonds. The smallest absolute Gasteiger partial charge is 0.0953 e. The number of hydrogen-bond donors (Lipinski definition) is 1. The summed E-state index contributed by atoms with van der Waals surface area (Å²) in [5, 5.41) is 3.45. The Labute approximate surface area is 105 Å². The molecule has 3 nitrogen and oxygen atoms in total. The summed E-state index contributed by atoms with van der Waals surface area (Å²) in [5.41, 5.74) is 2.64. The van der Waals surface area contributed by atoms with E-state index in [1.54, 1.807) is 0 Å². The van der Waals surface area contributed by atoms with E-state index in [0.717, 1.165) is 19.5 Å². The van der Waals surface area contributed by atoms with Crippen molar-refractivity contribution in [3.63, 3.8) is 0 Å². The van der Waals surface area contributed by atoms with Crippen LogP contribution in [0.3, 0.4) is 0 Å². The highest BCUT2D eigenvalue weighted by Gasteiger charge is 2.03. The Morgan fingerprint density at radius 3 is 2.82 bits per heavy atom. The minimum absolute atomic E-state index is 0.463. The maximum atomic E-state index is 4.23. The number of imidazole rings is 1. The first-order valence-electron chi connectivity index (χ1n) is 6.61. The van der Waals surface area contributed by atoms with Gasteiger partial charge in [-0.05, 0) is 39.3 Å². The number of rotatable bonds is 7. The molecule has 96 valence electrons. The van der Waals surface area contributed by atoms with Gasteiger partial charge in [-0.2, -0.15) is 0 Å². The molecule has 0 radical (unpaired) electrons. The Hall–Kier alpha value is -1.09. The van der Waals surface area contributed by atoms with Crippen molar-refractivity contribution in [3.8, 4) is 0 Å². The number of nitrogens with zero attached hydrogens (tertiary/aromatic N) is 2. The molecular weight excluding hydrogens is 210 g/mol. The number of hydrogen-bond acceptors (Lipinski definition) is 2. The first-order valence-corrected chi connectivity index (χ1v) is 6.61. The summed E-state index contributed by atoms with van der Waals surface area (Å²) in [7, 11) is 0. The van der Waals surface area contributed by atoms with Crippen LogP contribution in [0.5, 0.6) is 0 Å². The third kappa shape index (κ3) is 4.35. The topological polar surface area (TPSA) is 29.9 Å². The van der Waals surface area contributed by atoms with Crippen LogP contribution < -0.4 is 5.32 Å². The molecule has 0 saturated heterocycles. The number of nitrogens with one attached hydrogen (secondary N) is 1. The molecule has 0 unspecified atom stereocenters. The van der Waals surface area contributed by atoms with Crippen molar-refractivity contribution in [2.45, 2.75) is 46.6 Å². The zero-order chi connectivity index (χ0) is 12.7. The molecule has 3 heteroatoms. The van der Waals surface area contributed by atoms with Crippen LogP contribution in [0.1, 0.15) is 52.3 Å². The van der Waals surface area contributed by atoms with Gasteiger partial charge in [0, 0.05) is 12.6 Å². The summed E-state index contributed by atoms with van der Waals surface area (Å²) < 4.78 is 2.20. The van der Waals surface area contributed by atoms with E-state index in [-0.39, 0.29) is 0 Å². The lowest BCUT2D eigenvalue weighted by molar-refractivity contribution is 0.595. The zero-order valence-electron chi connectivity index (χ0n) is 11.5. The zero-order valence-corrected chi connectivity index (χ0v) is 11.5. The van der Waals surface area contributed by atoms with Gasteiger partial charge in [-0.1, -0.05) is 19.4 Å². The van der Waals surface area contributed by atoms with Crippen LogP contribution in [-0.2, 0) is 0 Å². The quantitative estimate of drug-likeness (QED) is 0.735. The highest BCUT2D eigenvalue weighted by atomic mass is 15.1. The van der Waals surface area contributed by atoms with Gasteiger partial charge in [-0.3, -0.25) is 0 Å². The summed E-state index contributed by atoms with van der Waals surface area (Å²) in [4.78, 5) is 4.23. The fraction of sp³-hybridized carbons (Fsp3) is 0.643. The van der Waals surface area contributed by atoms with Gasteiger partial charge in [-0.15, -0.1) is 0 Å². The van der Waals surface area contributed by atoms with E-state index in [4.69, 9.17) is 0 Å². The molecule has 0 atom stereocenters. The standard InChI is InChI=1S/C14H25N3/c1-5-7-15-9-13(6-2)8-14-10-16-11-17(14)12(3)4/h8,10-12,15H,5-7,9H2,1-4H3. The van der Waals surface area contributed by atoms with E-state index in [9.17, 15) is 0 Å². The average molecular weight is 235 g/mol. The predicted molar refractivity (Wildman–Crippen MR) is 74.0 cm³/mol. The van der Waals surface area contributed by atoms with Crippen LogP contribution in [0.2, 0.25) is 0 Å². The lowest BCUT2D eigenvalue weighted by atomic mass is 10.1. The third-order valence-corrected chi connectivity index (χ3v) is 2.84. The molecule has 0 aliphatic heterocycles. The highest BCUT2D eigenvalue weighted by molar-refractivity contribution is 5.49. The second-order valence-electron chi connectivity index (χ2n) is 4.65. The second kappa shape index (κ2) is 7.28. The molecular formula is C14H25N3. The molecule has 0 spiro atoms. The van der Waals surface area contributed by atoms with E-state index in [1.807, 2.05) is 12.5 Å². The van der Waals surface area contributed by atoms with Crippen molar-refractivity contribution in [3.05, 3.63) is 23.8 Å². The van der Waals surface area contributed by atoms with Gasteiger partial charge >= 0.3 is 0 Å². The summed E-state index contributed by atoms with van der Waals surface area (Å²) >= 11 is 0. The molecule has 1 rings (SSSR count). The van der Waals surface area contributed by atoms with E-state index in [2.05, 4.69) is 48.6 Å². The molecule has 17 heavy (non-hydrogen) atoms. The van der Waals surface area contributed by atoms with Gasteiger partial charge < -0.3 is 9.88 Å². The first-order chi connectivity index (χ1) is 8.19. The van der Waals surface area contributed by atoms with Crippen LogP contribution in [0, 0.1) is 0 Å². The second-order valence-corrected chi connectivity index (χ2v) is 4.65. The highest BCUT2D eigenvalue weighted by Crippen LogP contribution is 2.13. The summed E-state index contributed by atoms with van der Waals surface area (Å²) in [6.07, 6.45) is 8.37. The molecule has 0 bridgehead atoms. The van der Waals surface area contributed by atoms with Gasteiger partial charge in [0.15, 0.2) is 0 Å². The molecule has 0 aliphatic carbocycles. The summed E-state index contributed by atoms with van der Waals surface area (Å²) in [5.74, 6) is 0. The largest absolute Gasteiger partial charge is 0.329 e. The maximum absolute atomic E-state index is 4.23. The lowest BCUT2D eigenvalue weighted by Gasteiger charge is -2.11. The summed E-state index contributed by atoms with van der Waals surface area (Å²) in [6.45, 7) is 10.8. The summed E-state index contributed by atoms with van der Waals surface area (Å²) in [6, 6.07) is 0.463. The molecule has 0 aromatic carbocycles. The van der Waals surface area contributed by atoms with Crippen molar-refractivity contribution in [2.75, 3.05) is 13.1 Å². The molecule has 0 saturated carbocycles. The fourth-order valence-electron chi connectivity index (χ4n) is 1.77. The Balaban J connectivity index is 2.72. The Bertz CT molecular complexity index is 350. The van der Waals surface area contributed by atoms with Gasteiger partial charge in [0.1, 0.15) is 0 Å². The molecule has 1 heterocycles. The monoisotopic (exact) mass is 235 g/mol. The average Bonchev–Trinajstić information content (AvgIpc) is 2.76.